The molecule has 0 N–H and O–H groups in total. The van der Waals surface area contributed by atoms with Gasteiger partial charge in [-0.1, -0.05) is 30.3 Å². The maximum Gasteiger partial charge on any atom is 0.324 e. The summed E-state index contributed by atoms with van der Waals surface area (Å²) in [5.74, 6) is -0.418. The van der Waals surface area contributed by atoms with Crippen LogP contribution in [0.2, 0.25) is 0 Å². The molecular weight excluding hydrogens is 262 g/mol. The number of benzene rings is 1. The number of aryl methyl sites for hydroxylation is 1. The van der Waals surface area contributed by atoms with E-state index in [4.69, 9.17) is 10.7 Å². The van der Waals surface area contributed by atoms with Gasteiger partial charge in [-0.2, -0.15) is 8.42 Å². The number of carbonyl (C=O) groups is 1. The van der Waals surface area contributed by atoms with Crippen LogP contribution in [0.5, 0.6) is 0 Å². The number of hydrogen-bond donors (Lipinski definition) is 0. The predicted octanol–water partition coefficient (Wildman–Crippen LogP) is 1.70. The summed E-state index contributed by atoms with van der Waals surface area (Å²) in [7, 11) is 1.27. The molecule has 17 heavy (non-hydrogen) atoms. The number of halogens is 1. The molecule has 1 heterocycles. The molecule has 1 aromatic carbocycles. The highest BCUT2D eigenvalue weighted by atomic mass is 35.7. The van der Waals surface area contributed by atoms with E-state index in [1.165, 1.54) is 0 Å². The van der Waals surface area contributed by atoms with Crippen LogP contribution in [-0.4, -0.2) is 24.7 Å². The van der Waals surface area contributed by atoms with Crippen LogP contribution >= 0.6 is 10.7 Å². The van der Waals surface area contributed by atoms with Gasteiger partial charge >= 0.3 is 9.24 Å². The van der Waals surface area contributed by atoms with Crippen molar-refractivity contribution in [2.75, 3.05) is 0 Å². The first-order chi connectivity index (χ1) is 7.98. The van der Waals surface area contributed by atoms with Crippen LogP contribution in [0.15, 0.2) is 30.3 Å². The highest BCUT2D eigenvalue weighted by Gasteiger charge is 2.43. The third-order valence-electron chi connectivity index (χ3n) is 2.83. The second-order valence-corrected chi connectivity index (χ2v) is 6.40. The van der Waals surface area contributed by atoms with Crippen molar-refractivity contribution >= 4 is 25.8 Å². The normalized spacial score (nSPS) is 20.2. The first kappa shape index (κ1) is 12.4. The van der Waals surface area contributed by atoms with Gasteiger partial charge in [0.25, 0.3) is 0 Å². The van der Waals surface area contributed by atoms with Gasteiger partial charge in [-0.15, -0.1) is 0 Å². The smallest absolute Gasteiger partial charge is 0.274 e. The number of carbonyl (C=O) groups excluding carboxylic acids is 1. The van der Waals surface area contributed by atoms with E-state index in [2.05, 4.69) is 0 Å². The predicted molar refractivity (Wildman–Crippen MR) is 64.8 cm³/mol. The third kappa shape index (κ3) is 2.79. The Morgan fingerprint density at radius 3 is 2.47 bits per heavy atom. The summed E-state index contributed by atoms with van der Waals surface area (Å²) in [6.45, 7) is 0. The Morgan fingerprint density at radius 2 is 1.94 bits per heavy atom. The van der Waals surface area contributed by atoms with Crippen LogP contribution in [0, 0.1) is 0 Å². The van der Waals surface area contributed by atoms with Crippen LogP contribution in [0.25, 0.3) is 0 Å². The zero-order valence-electron chi connectivity index (χ0n) is 9.04. The van der Waals surface area contributed by atoms with Gasteiger partial charge in [-0.05, 0) is 18.4 Å². The molecular formula is C11H12ClNO3S. The van der Waals surface area contributed by atoms with Crippen LogP contribution < -0.4 is 0 Å². The molecule has 1 saturated heterocycles. The lowest BCUT2D eigenvalue weighted by Gasteiger charge is -2.37. The van der Waals surface area contributed by atoms with E-state index in [1.54, 1.807) is 0 Å². The molecule has 1 atom stereocenters. The van der Waals surface area contributed by atoms with E-state index in [0.717, 1.165) is 16.3 Å². The Kier molecular flexibility index (Phi) is 3.40. The molecule has 4 nitrogen and oxygen atoms in total. The van der Waals surface area contributed by atoms with Crippen molar-refractivity contribution in [2.24, 2.45) is 0 Å². The largest absolute Gasteiger partial charge is 0.324 e. The van der Waals surface area contributed by atoms with Crippen LogP contribution in [0.3, 0.4) is 0 Å². The lowest BCUT2D eigenvalue weighted by atomic mass is 9.98. The highest BCUT2D eigenvalue weighted by Crippen LogP contribution is 2.28. The number of β-lactam (4-membered cyclic amide) rings is 1. The molecule has 0 saturated carbocycles. The Bertz CT molecular complexity index is 515. The summed E-state index contributed by atoms with van der Waals surface area (Å²) in [6, 6.07) is 9.44. The minimum atomic E-state index is -3.91. The van der Waals surface area contributed by atoms with Gasteiger partial charge in [0, 0.05) is 17.1 Å². The monoisotopic (exact) mass is 273 g/mol. The summed E-state index contributed by atoms with van der Waals surface area (Å²) in [5, 5.41) is 0. The maximum atomic E-state index is 11.2. The van der Waals surface area contributed by atoms with Gasteiger partial charge in [0.1, 0.15) is 0 Å². The lowest BCUT2D eigenvalue weighted by molar-refractivity contribution is -0.137. The van der Waals surface area contributed by atoms with E-state index in [-0.39, 0.29) is 12.5 Å². The molecule has 1 fully saturated rings. The Hall–Kier alpha value is -1.07. The van der Waals surface area contributed by atoms with E-state index < -0.39 is 15.1 Å². The molecule has 1 aliphatic rings. The first-order valence-corrected chi connectivity index (χ1v) is 7.56. The van der Waals surface area contributed by atoms with E-state index in [9.17, 15) is 13.2 Å². The molecule has 1 unspecified atom stereocenters. The topological polar surface area (TPSA) is 54.5 Å². The number of amides is 1. The van der Waals surface area contributed by atoms with Crippen molar-refractivity contribution < 1.29 is 13.2 Å². The molecule has 0 bridgehead atoms. The number of rotatable bonds is 4. The molecule has 6 heteroatoms. The first-order valence-electron chi connectivity index (χ1n) is 5.29. The SMILES string of the molecule is O=C1CC(CCc2ccccc2)N1S(=O)(=O)Cl. The summed E-state index contributed by atoms with van der Waals surface area (Å²) in [5.41, 5.74) is 1.12. The van der Waals surface area contributed by atoms with Crippen molar-refractivity contribution in [1.82, 2.24) is 4.31 Å². The van der Waals surface area contributed by atoms with Gasteiger partial charge in [0.15, 0.2) is 0 Å². The molecule has 2 rings (SSSR count). The van der Waals surface area contributed by atoms with Crippen LogP contribution in [-0.2, 0) is 20.5 Å². The zero-order valence-corrected chi connectivity index (χ0v) is 10.6. The van der Waals surface area contributed by atoms with Crippen molar-refractivity contribution in [2.45, 2.75) is 25.3 Å². The Labute approximate surface area is 105 Å². The summed E-state index contributed by atoms with van der Waals surface area (Å²) in [6.07, 6.45) is 1.61. The van der Waals surface area contributed by atoms with Gasteiger partial charge in [0.05, 0.1) is 6.04 Å². The molecule has 1 amide bonds. The molecule has 0 radical (unpaired) electrons. The number of hydrogen-bond acceptors (Lipinski definition) is 3. The van der Waals surface area contributed by atoms with Gasteiger partial charge in [-0.3, -0.25) is 4.79 Å². The fourth-order valence-corrected chi connectivity index (χ4v) is 3.39. The van der Waals surface area contributed by atoms with Crippen molar-refractivity contribution in [3.8, 4) is 0 Å². The van der Waals surface area contributed by atoms with Gasteiger partial charge in [0.2, 0.25) is 5.91 Å². The minimum Gasteiger partial charge on any atom is -0.274 e. The second-order valence-electron chi connectivity index (χ2n) is 4.01. The minimum absolute atomic E-state index is 0.263. The average molecular weight is 274 g/mol. The Balaban J connectivity index is 1.96. The summed E-state index contributed by atoms with van der Waals surface area (Å²) < 4.78 is 23.0. The lowest BCUT2D eigenvalue weighted by Crippen LogP contribution is -2.53. The number of nitrogens with zero attached hydrogens (tertiary/aromatic N) is 1. The fourth-order valence-electron chi connectivity index (χ4n) is 1.96. The van der Waals surface area contributed by atoms with Crippen LogP contribution in [0.4, 0.5) is 0 Å². The van der Waals surface area contributed by atoms with Gasteiger partial charge < -0.3 is 0 Å². The highest BCUT2D eigenvalue weighted by molar-refractivity contribution is 8.12. The summed E-state index contributed by atoms with van der Waals surface area (Å²) in [4.78, 5) is 11.2. The zero-order chi connectivity index (χ0) is 12.5. The molecule has 0 aromatic heterocycles. The van der Waals surface area contributed by atoms with Crippen molar-refractivity contribution in [3.05, 3.63) is 35.9 Å². The molecule has 92 valence electrons. The standard InChI is InChI=1S/C11H12ClNO3S/c12-17(15,16)13-10(8-11(13)14)7-6-9-4-2-1-3-5-9/h1-5,10H,6-8H2. The molecule has 0 aliphatic carbocycles. The third-order valence-corrected chi connectivity index (χ3v) is 4.25. The van der Waals surface area contributed by atoms with Gasteiger partial charge in [-0.25, -0.2) is 4.31 Å². The molecule has 1 aromatic rings. The Morgan fingerprint density at radius 1 is 1.29 bits per heavy atom. The summed E-state index contributed by atoms with van der Waals surface area (Å²) >= 11 is 0. The van der Waals surface area contributed by atoms with E-state index in [1.807, 2.05) is 30.3 Å². The molecule has 1 aliphatic heterocycles. The van der Waals surface area contributed by atoms with Crippen molar-refractivity contribution in [1.29, 1.82) is 0 Å². The van der Waals surface area contributed by atoms with E-state index >= 15 is 0 Å². The van der Waals surface area contributed by atoms with Crippen LogP contribution in [0.1, 0.15) is 18.4 Å². The maximum absolute atomic E-state index is 11.2. The second kappa shape index (κ2) is 4.66. The quantitative estimate of drug-likeness (QED) is 0.620. The van der Waals surface area contributed by atoms with Crippen molar-refractivity contribution in [3.63, 3.8) is 0 Å². The fraction of sp³-hybridized carbons (Fsp3) is 0.364. The van der Waals surface area contributed by atoms with E-state index in [0.29, 0.717) is 6.42 Å². The molecule has 0 spiro atoms. The average Bonchev–Trinajstić information content (AvgIpc) is 2.22.